The van der Waals surface area contributed by atoms with Crippen molar-refractivity contribution < 1.29 is 14.3 Å². The van der Waals surface area contributed by atoms with Gasteiger partial charge in [0.2, 0.25) is 11.8 Å². The molecule has 0 radical (unpaired) electrons. The molecule has 5 heteroatoms. The molecule has 1 atom stereocenters. The number of rotatable bonds is 3. The van der Waals surface area contributed by atoms with Gasteiger partial charge < -0.3 is 15.0 Å². The van der Waals surface area contributed by atoms with E-state index in [9.17, 15) is 9.59 Å². The molecule has 2 aliphatic rings. The van der Waals surface area contributed by atoms with E-state index < -0.39 is 5.41 Å². The van der Waals surface area contributed by atoms with Gasteiger partial charge in [-0.3, -0.25) is 9.59 Å². The maximum atomic E-state index is 12.8. The first-order chi connectivity index (χ1) is 12.5. The Morgan fingerprint density at radius 1 is 1.27 bits per heavy atom. The number of amides is 2. The molecule has 1 saturated heterocycles. The molecule has 2 aliphatic heterocycles. The van der Waals surface area contributed by atoms with Crippen molar-refractivity contribution in [3.05, 3.63) is 59.2 Å². The number of likely N-dealkylation sites (tertiary alicyclic amines) is 1. The second-order valence-electron chi connectivity index (χ2n) is 7.12. The molecule has 0 bridgehead atoms. The van der Waals surface area contributed by atoms with Crippen LogP contribution in [-0.4, -0.2) is 36.9 Å². The fraction of sp³-hybridized carbons (Fsp3) is 0.333. The molecule has 4 rings (SSSR count). The number of aryl methyl sites for hydroxylation is 1. The lowest BCUT2D eigenvalue weighted by molar-refractivity contribution is -0.129. The van der Waals surface area contributed by atoms with Crippen LogP contribution < -0.4 is 10.1 Å². The number of anilines is 1. The summed E-state index contributed by atoms with van der Waals surface area (Å²) in [6.45, 7) is 3.03. The third-order valence-corrected chi connectivity index (χ3v) is 5.65. The summed E-state index contributed by atoms with van der Waals surface area (Å²) in [4.78, 5) is 27.4. The molecule has 26 heavy (non-hydrogen) atoms. The highest BCUT2D eigenvalue weighted by Crippen LogP contribution is 2.45. The Morgan fingerprint density at radius 2 is 2.08 bits per heavy atom. The summed E-state index contributed by atoms with van der Waals surface area (Å²) >= 11 is 0. The van der Waals surface area contributed by atoms with Crippen molar-refractivity contribution >= 4 is 17.5 Å². The number of fused-ring (bicyclic) bond motifs is 2. The summed E-state index contributed by atoms with van der Waals surface area (Å²) in [6, 6.07) is 13.6. The fourth-order valence-electron chi connectivity index (χ4n) is 4.03. The molecular weight excluding hydrogens is 328 g/mol. The van der Waals surface area contributed by atoms with Gasteiger partial charge in [-0.1, -0.05) is 24.3 Å². The SMILES string of the molecule is COc1ccc2c(c1)[C@]1(CCN(C(=O)Cc3ccccc3C)C1)C(=O)N2. The third-order valence-electron chi connectivity index (χ3n) is 5.65. The maximum Gasteiger partial charge on any atom is 0.237 e. The largest absolute Gasteiger partial charge is 0.497 e. The molecule has 1 fully saturated rings. The van der Waals surface area contributed by atoms with Gasteiger partial charge in [-0.05, 0) is 48.2 Å². The first-order valence-corrected chi connectivity index (χ1v) is 8.86. The predicted molar refractivity (Wildman–Crippen MR) is 99.4 cm³/mol. The fourth-order valence-corrected chi connectivity index (χ4v) is 4.03. The summed E-state index contributed by atoms with van der Waals surface area (Å²) in [5.74, 6) is 0.775. The highest BCUT2D eigenvalue weighted by molar-refractivity contribution is 6.07. The molecular formula is C21H22N2O3. The predicted octanol–water partition coefficient (Wildman–Crippen LogP) is 2.67. The van der Waals surface area contributed by atoms with Crippen molar-refractivity contribution in [1.82, 2.24) is 4.90 Å². The van der Waals surface area contributed by atoms with Gasteiger partial charge in [-0.15, -0.1) is 0 Å². The van der Waals surface area contributed by atoms with Gasteiger partial charge in [-0.25, -0.2) is 0 Å². The van der Waals surface area contributed by atoms with Crippen LogP contribution in [0.1, 0.15) is 23.1 Å². The summed E-state index contributed by atoms with van der Waals surface area (Å²) in [5.41, 5.74) is 3.25. The standard InChI is InChI=1S/C21H22N2O3/c1-14-5-3-4-6-15(14)11-19(24)23-10-9-21(13-23)17-12-16(26-2)7-8-18(17)22-20(21)25/h3-8,12H,9-11,13H2,1-2H3,(H,22,25)/t21-/m1/s1. The monoisotopic (exact) mass is 350 g/mol. The maximum absolute atomic E-state index is 12.8. The minimum Gasteiger partial charge on any atom is -0.497 e. The van der Waals surface area contributed by atoms with E-state index >= 15 is 0 Å². The molecule has 5 nitrogen and oxygen atoms in total. The van der Waals surface area contributed by atoms with E-state index in [4.69, 9.17) is 4.74 Å². The second-order valence-corrected chi connectivity index (χ2v) is 7.12. The molecule has 134 valence electrons. The Hall–Kier alpha value is -2.82. The van der Waals surface area contributed by atoms with Gasteiger partial charge in [0.15, 0.2) is 0 Å². The number of nitrogens with zero attached hydrogens (tertiary/aromatic N) is 1. The Bertz CT molecular complexity index is 893. The average molecular weight is 350 g/mol. The Kier molecular flexibility index (Phi) is 3.94. The normalized spacial score (nSPS) is 21.0. The summed E-state index contributed by atoms with van der Waals surface area (Å²) in [7, 11) is 1.62. The summed E-state index contributed by atoms with van der Waals surface area (Å²) in [6.07, 6.45) is 1.01. The van der Waals surface area contributed by atoms with E-state index in [1.165, 1.54) is 0 Å². The highest BCUT2D eigenvalue weighted by atomic mass is 16.5. The van der Waals surface area contributed by atoms with Crippen LogP contribution in [0.5, 0.6) is 5.75 Å². The smallest absolute Gasteiger partial charge is 0.237 e. The molecule has 2 aromatic rings. The second kappa shape index (κ2) is 6.16. The van der Waals surface area contributed by atoms with Crippen molar-refractivity contribution in [2.75, 3.05) is 25.5 Å². The van der Waals surface area contributed by atoms with E-state index in [2.05, 4.69) is 5.32 Å². The Balaban J connectivity index is 1.58. The molecule has 0 unspecified atom stereocenters. The highest BCUT2D eigenvalue weighted by Gasteiger charge is 2.52. The van der Waals surface area contributed by atoms with Gasteiger partial charge in [0, 0.05) is 18.8 Å². The van der Waals surface area contributed by atoms with E-state index in [1.54, 1.807) is 7.11 Å². The molecule has 2 aromatic carbocycles. The van der Waals surface area contributed by atoms with Crippen molar-refractivity contribution in [3.63, 3.8) is 0 Å². The Labute approximate surface area is 153 Å². The van der Waals surface area contributed by atoms with E-state index in [0.29, 0.717) is 25.9 Å². The van der Waals surface area contributed by atoms with Crippen LogP contribution >= 0.6 is 0 Å². The van der Waals surface area contributed by atoms with Crippen LogP contribution in [-0.2, 0) is 21.4 Å². The molecule has 0 saturated carbocycles. The molecule has 2 heterocycles. The zero-order chi connectivity index (χ0) is 18.3. The molecule has 0 aliphatic carbocycles. The lowest BCUT2D eigenvalue weighted by atomic mass is 9.81. The summed E-state index contributed by atoms with van der Waals surface area (Å²) < 4.78 is 5.32. The van der Waals surface area contributed by atoms with Gasteiger partial charge in [0.25, 0.3) is 0 Å². The number of hydrogen-bond acceptors (Lipinski definition) is 3. The molecule has 0 aromatic heterocycles. The van der Waals surface area contributed by atoms with Crippen molar-refractivity contribution in [2.24, 2.45) is 0 Å². The van der Waals surface area contributed by atoms with Crippen molar-refractivity contribution in [2.45, 2.75) is 25.2 Å². The topological polar surface area (TPSA) is 58.6 Å². The molecule has 1 N–H and O–H groups in total. The number of nitrogens with one attached hydrogen (secondary N) is 1. The number of hydrogen-bond donors (Lipinski definition) is 1. The quantitative estimate of drug-likeness (QED) is 0.926. The number of carbonyl (C=O) groups is 2. The first-order valence-electron chi connectivity index (χ1n) is 8.86. The third kappa shape index (κ3) is 2.55. The van der Waals surface area contributed by atoms with E-state index in [1.807, 2.05) is 54.3 Å². The zero-order valence-electron chi connectivity index (χ0n) is 15.0. The van der Waals surface area contributed by atoms with Crippen LogP contribution in [0.25, 0.3) is 0 Å². The van der Waals surface area contributed by atoms with Gasteiger partial charge in [0.1, 0.15) is 5.75 Å². The molecule has 2 amide bonds. The number of ether oxygens (including phenoxy) is 1. The van der Waals surface area contributed by atoms with Crippen LogP contribution in [0.4, 0.5) is 5.69 Å². The lowest BCUT2D eigenvalue weighted by Gasteiger charge is -2.23. The van der Waals surface area contributed by atoms with Crippen LogP contribution in [0.3, 0.4) is 0 Å². The van der Waals surface area contributed by atoms with Crippen LogP contribution in [0.2, 0.25) is 0 Å². The minimum atomic E-state index is -0.661. The number of carbonyl (C=O) groups excluding carboxylic acids is 2. The van der Waals surface area contributed by atoms with E-state index in [-0.39, 0.29) is 11.8 Å². The van der Waals surface area contributed by atoms with Gasteiger partial charge >= 0.3 is 0 Å². The Morgan fingerprint density at radius 3 is 2.85 bits per heavy atom. The number of benzene rings is 2. The van der Waals surface area contributed by atoms with E-state index in [0.717, 1.165) is 28.1 Å². The summed E-state index contributed by atoms with van der Waals surface area (Å²) in [5, 5.41) is 2.97. The zero-order valence-corrected chi connectivity index (χ0v) is 15.0. The van der Waals surface area contributed by atoms with Gasteiger partial charge in [0.05, 0.1) is 18.9 Å². The van der Waals surface area contributed by atoms with Gasteiger partial charge in [-0.2, -0.15) is 0 Å². The lowest BCUT2D eigenvalue weighted by Crippen LogP contribution is -2.39. The van der Waals surface area contributed by atoms with Crippen molar-refractivity contribution in [1.29, 1.82) is 0 Å². The molecule has 1 spiro atoms. The van der Waals surface area contributed by atoms with Crippen molar-refractivity contribution in [3.8, 4) is 5.75 Å². The average Bonchev–Trinajstić information content (AvgIpc) is 3.20. The first kappa shape index (κ1) is 16.6. The minimum absolute atomic E-state index is 0.0213. The number of methoxy groups -OCH3 is 1. The van der Waals surface area contributed by atoms with Crippen LogP contribution in [0.15, 0.2) is 42.5 Å². The van der Waals surface area contributed by atoms with Crippen LogP contribution in [0, 0.1) is 6.92 Å².